The van der Waals surface area contributed by atoms with E-state index in [1.165, 1.54) is 29.9 Å². The first-order valence-corrected chi connectivity index (χ1v) is 15.3. The van der Waals surface area contributed by atoms with Crippen LogP contribution in [-0.2, 0) is 24.4 Å². The summed E-state index contributed by atoms with van der Waals surface area (Å²) in [5.74, 6) is 2.39. The van der Waals surface area contributed by atoms with E-state index in [1.54, 1.807) is 24.2 Å². The molecule has 1 aliphatic heterocycles. The van der Waals surface area contributed by atoms with Crippen LogP contribution in [0.4, 0.5) is 10.8 Å². The Balaban J connectivity index is 0.000000283. The maximum absolute atomic E-state index is 10.8. The van der Waals surface area contributed by atoms with Gasteiger partial charge in [0.1, 0.15) is 17.0 Å². The predicted molar refractivity (Wildman–Crippen MR) is 170 cm³/mol. The van der Waals surface area contributed by atoms with Gasteiger partial charge in [0.25, 0.3) is 0 Å². The van der Waals surface area contributed by atoms with Crippen LogP contribution >= 0.6 is 11.5 Å². The third-order valence-corrected chi connectivity index (χ3v) is 8.03. The summed E-state index contributed by atoms with van der Waals surface area (Å²) in [5, 5.41) is 11.7. The monoisotopic (exact) mass is 601 g/mol. The summed E-state index contributed by atoms with van der Waals surface area (Å²) in [6.45, 7) is 8.53. The molecule has 11 nitrogen and oxygen atoms in total. The standard InChI is InChI=1S/C22H26N8OS.C9H13NO/c1-15-4-3-5-28(11-15)14-18-8-20(32-27-18)26-21-22-23-10-19(30(22)12-16(2)25-21)17-9-24-29(13-17)6-7-31;1-10-7-8-5-3-4-6-9(8)11-2/h7-10,12-13,15H,3-6,11,14H2,1-2H3,(H,25,26);3-6,10H,7H2,1-2H3. The fourth-order valence-corrected chi connectivity index (χ4v) is 6.00. The number of nitrogens with one attached hydrogen (secondary N) is 2. The van der Waals surface area contributed by atoms with E-state index < -0.39 is 0 Å². The minimum Gasteiger partial charge on any atom is -0.496 e. The second-order valence-electron chi connectivity index (χ2n) is 10.8. The topological polar surface area (TPSA) is 114 Å². The van der Waals surface area contributed by atoms with Crippen molar-refractivity contribution >= 4 is 34.3 Å². The van der Waals surface area contributed by atoms with Crippen molar-refractivity contribution in [1.82, 2.24) is 38.7 Å². The molecule has 1 unspecified atom stereocenters. The van der Waals surface area contributed by atoms with Gasteiger partial charge < -0.3 is 20.2 Å². The summed E-state index contributed by atoms with van der Waals surface area (Å²) in [4.78, 5) is 22.5. The fraction of sp³-hybridized carbons (Fsp3) is 0.387. The molecule has 1 aromatic carbocycles. The van der Waals surface area contributed by atoms with Crippen molar-refractivity contribution < 1.29 is 9.53 Å². The van der Waals surface area contributed by atoms with Crippen molar-refractivity contribution in [3.05, 3.63) is 72.1 Å². The Morgan fingerprint density at radius 2 is 2.07 bits per heavy atom. The van der Waals surface area contributed by atoms with E-state index in [4.69, 9.17) is 4.74 Å². The summed E-state index contributed by atoms with van der Waals surface area (Å²) in [6, 6.07) is 10.1. The molecule has 1 atom stereocenters. The number of hydrogen-bond donors (Lipinski definition) is 2. The Labute approximate surface area is 256 Å². The number of aromatic nitrogens is 6. The average molecular weight is 602 g/mol. The van der Waals surface area contributed by atoms with Crippen LogP contribution in [0.25, 0.3) is 16.9 Å². The van der Waals surface area contributed by atoms with E-state index in [2.05, 4.69) is 54.0 Å². The number of piperidine rings is 1. The van der Waals surface area contributed by atoms with Crippen molar-refractivity contribution in [2.75, 3.05) is 32.6 Å². The number of aryl methyl sites for hydroxylation is 1. The number of imidazole rings is 1. The van der Waals surface area contributed by atoms with Gasteiger partial charge in [-0.3, -0.25) is 14.0 Å². The largest absolute Gasteiger partial charge is 0.496 e. The van der Waals surface area contributed by atoms with E-state index in [0.717, 1.165) is 77.4 Å². The zero-order valence-corrected chi connectivity index (χ0v) is 26.0. The van der Waals surface area contributed by atoms with Gasteiger partial charge in [0.2, 0.25) is 0 Å². The highest BCUT2D eigenvalue weighted by Crippen LogP contribution is 2.28. The Kier molecular flexibility index (Phi) is 10.1. The fourth-order valence-electron chi connectivity index (χ4n) is 5.34. The van der Waals surface area contributed by atoms with Crippen LogP contribution in [0.2, 0.25) is 0 Å². The van der Waals surface area contributed by atoms with Crippen LogP contribution < -0.4 is 15.4 Å². The number of nitrogens with zero attached hydrogens (tertiary/aromatic N) is 7. The van der Waals surface area contributed by atoms with Gasteiger partial charge in [-0.25, -0.2) is 9.97 Å². The second-order valence-corrected chi connectivity index (χ2v) is 11.6. The Hall–Kier alpha value is -4.13. The molecule has 1 fully saturated rings. The van der Waals surface area contributed by atoms with Gasteiger partial charge in [-0.15, -0.1) is 0 Å². The highest BCUT2D eigenvalue weighted by atomic mass is 32.1. The lowest BCUT2D eigenvalue weighted by Crippen LogP contribution is -2.33. The molecule has 0 radical (unpaired) electrons. The minimum atomic E-state index is 0.230. The average Bonchev–Trinajstić information content (AvgIpc) is 3.74. The van der Waals surface area contributed by atoms with E-state index in [1.807, 2.05) is 49.0 Å². The second kappa shape index (κ2) is 14.4. The van der Waals surface area contributed by atoms with Crippen LogP contribution in [0.3, 0.4) is 0 Å². The zero-order valence-electron chi connectivity index (χ0n) is 25.2. The van der Waals surface area contributed by atoms with Crippen molar-refractivity contribution in [2.45, 2.75) is 46.3 Å². The highest BCUT2D eigenvalue weighted by Gasteiger charge is 2.18. The Bertz CT molecular complexity index is 1640. The number of fused-ring (bicyclic) bond motifs is 1. The molecule has 6 rings (SSSR count). The molecule has 5 heterocycles. The van der Waals surface area contributed by atoms with Gasteiger partial charge in [0.05, 0.1) is 43.1 Å². The molecule has 1 saturated heterocycles. The Morgan fingerprint density at radius 1 is 1.21 bits per heavy atom. The SMILES string of the molecule is CNCc1ccccc1OC.Cc1cn2c(-c3cnn(CC=O)c3)cnc2c(Nc2cc(CN3CCCC(C)C3)ns2)n1. The highest BCUT2D eigenvalue weighted by molar-refractivity contribution is 7.10. The van der Waals surface area contributed by atoms with Crippen LogP contribution in [0.1, 0.15) is 36.7 Å². The number of carbonyl (C=O) groups is 1. The third kappa shape index (κ3) is 7.64. The number of rotatable bonds is 10. The number of methoxy groups -OCH3 is 1. The molecule has 0 amide bonds. The van der Waals surface area contributed by atoms with Gasteiger partial charge in [0, 0.05) is 43.2 Å². The first-order valence-electron chi connectivity index (χ1n) is 14.5. The lowest BCUT2D eigenvalue weighted by molar-refractivity contribution is -0.108. The summed E-state index contributed by atoms with van der Waals surface area (Å²) in [7, 11) is 3.61. The van der Waals surface area contributed by atoms with Crippen molar-refractivity contribution in [3.8, 4) is 17.0 Å². The van der Waals surface area contributed by atoms with Crippen LogP contribution in [-0.4, -0.2) is 67.0 Å². The molecule has 2 N–H and O–H groups in total. The van der Waals surface area contributed by atoms with E-state index in [9.17, 15) is 4.79 Å². The number of hydrogen-bond acceptors (Lipinski definition) is 10. The first kappa shape index (κ1) is 30.3. The van der Waals surface area contributed by atoms with Gasteiger partial charge >= 0.3 is 0 Å². The van der Waals surface area contributed by atoms with Gasteiger partial charge in [-0.2, -0.15) is 9.47 Å². The summed E-state index contributed by atoms with van der Waals surface area (Å²) >= 11 is 1.45. The van der Waals surface area contributed by atoms with Gasteiger partial charge in [-0.05, 0) is 62.9 Å². The van der Waals surface area contributed by atoms with Gasteiger partial charge in [-0.1, -0.05) is 25.1 Å². The molecule has 12 heteroatoms. The number of carbonyl (C=O) groups excluding carboxylic acids is 1. The number of likely N-dealkylation sites (tertiary alicyclic amines) is 1. The number of para-hydroxylation sites is 1. The normalized spacial score (nSPS) is 15.2. The molecule has 5 aromatic rings. The molecule has 1 aliphatic rings. The third-order valence-electron chi connectivity index (χ3n) is 7.29. The summed E-state index contributed by atoms with van der Waals surface area (Å²) < 4.78 is 13.4. The Morgan fingerprint density at radius 3 is 2.86 bits per heavy atom. The molecular weight excluding hydrogens is 562 g/mol. The predicted octanol–water partition coefficient (Wildman–Crippen LogP) is 4.95. The van der Waals surface area contributed by atoms with E-state index in [-0.39, 0.29) is 6.54 Å². The van der Waals surface area contributed by atoms with Crippen LogP contribution in [0.15, 0.2) is 55.1 Å². The number of anilines is 2. The lowest BCUT2D eigenvalue weighted by atomic mass is 10.0. The summed E-state index contributed by atoms with van der Waals surface area (Å²) in [6.07, 6.45) is 10.8. The van der Waals surface area contributed by atoms with Gasteiger partial charge in [0.15, 0.2) is 11.5 Å². The van der Waals surface area contributed by atoms with Crippen molar-refractivity contribution in [1.29, 1.82) is 0 Å². The quantitative estimate of drug-likeness (QED) is 0.215. The summed E-state index contributed by atoms with van der Waals surface area (Å²) in [5.41, 5.74) is 5.67. The zero-order chi connectivity index (χ0) is 30.2. The maximum atomic E-state index is 10.8. The molecule has 0 aliphatic carbocycles. The molecule has 226 valence electrons. The number of benzene rings is 1. The maximum Gasteiger partial charge on any atom is 0.180 e. The minimum absolute atomic E-state index is 0.230. The van der Waals surface area contributed by atoms with Crippen LogP contribution in [0, 0.1) is 12.8 Å². The molecular formula is C31H39N9O2S. The molecule has 0 bridgehead atoms. The molecule has 0 spiro atoms. The van der Waals surface area contributed by atoms with Crippen molar-refractivity contribution in [3.63, 3.8) is 0 Å². The lowest BCUT2D eigenvalue weighted by Gasteiger charge is -2.30. The number of ether oxygens (including phenoxy) is 1. The molecule has 4 aromatic heterocycles. The van der Waals surface area contributed by atoms with Crippen LogP contribution in [0.5, 0.6) is 5.75 Å². The molecule has 0 saturated carbocycles. The smallest absolute Gasteiger partial charge is 0.180 e. The number of aldehydes is 1. The van der Waals surface area contributed by atoms with E-state index >= 15 is 0 Å². The van der Waals surface area contributed by atoms with E-state index in [0.29, 0.717) is 5.82 Å². The molecule has 43 heavy (non-hydrogen) atoms. The first-order chi connectivity index (χ1) is 21.0. The van der Waals surface area contributed by atoms with Crippen molar-refractivity contribution in [2.24, 2.45) is 5.92 Å².